The van der Waals surface area contributed by atoms with Crippen molar-refractivity contribution in [3.05, 3.63) is 29.6 Å². The average molecular weight is 204 g/mol. The first-order valence-corrected chi connectivity index (χ1v) is 5.31. The Hall–Kier alpha value is -1.38. The molecule has 0 unspecified atom stereocenters. The van der Waals surface area contributed by atoms with Crippen molar-refractivity contribution < 1.29 is 4.74 Å². The van der Waals surface area contributed by atoms with Crippen LogP contribution in [0.25, 0.3) is 0 Å². The lowest BCUT2D eigenvalue weighted by molar-refractivity contribution is 0.291. The quantitative estimate of drug-likeness (QED) is 0.740. The van der Waals surface area contributed by atoms with Crippen molar-refractivity contribution in [1.82, 2.24) is 4.98 Å². The Kier molecular flexibility index (Phi) is 2.71. The van der Waals surface area contributed by atoms with E-state index in [0.29, 0.717) is 18.4 Å². The molecule has 15 heavy (non-hydrogen) atoms. The van der Waals surface area contributed by atoms with Crippen molar-refractivity contribution in [3.8, 4) is 0 Å². The van der Waals surface area contributed by atoms with Gasteiger partial charge in [0.1, 0.15) is 12.3 Å². The summed E-state index contributed by atoms with van der Waals surface area (Å²) in [5, 5.41) is 0. The van der Waals surface area contributed by atoms with Gasteiger partial charge in [0.25, 0.3) is 0 Å². The molecule has 0 amide bonds. The van der Waals surface area contributed by atoms with E-state index in [1.165, 1.54) is 0 Å². The number of hydrogen-bond acceptors (Lipinski definition) is 3. The van der Waals surface area contributed by atoms with Gasteiger partial charge in [-0.3, -0.25) is 4.98 Å². The van der Waals surface area contributed by atoms with Crippen LogP contribution in [0.4, 0.5) is 0 Å². The number of aromatic nitrogens is 1. The summed E-state index contributed by atoms with van der Waals surface area (Å²) in [6, 6.07) is 4.23. The summed E-state index contributed by atoms with van der Waals surface area (Å²) in [5.74, 6) is 1.22. The Bertz CT molecular complexity index is 385. The normalized spacial score (nSPS) is 20.3. The van der Waals surface area contributed by atoms with E-state index in [4.69, 9.17) is 4.74 Å². The topological polar surface area (TPSA) is 34.5 Å². The van der Waals surface area contributed by atoms with Crippen molar-refractivity contribution in [2.75, 3.05) is 6.61 Å². The Labute approximate surface area is 90.2 Å². The van der Waals surface area contributed by atoms with Crippen LogP contribution in [0.1, 0.15) is 25.1 Å². The van der Waals surface area contributed by atoms with Crippen LogP contribution in [0.15, 0.2) is 23.3 Å². The molecule has 0 aliphatic carbocycles. The van der Waals surface area contributed by atoms with Crippen LogP contribution in [0, 0.1) is 12.8 Å². The minimum absolute atomic E-state index is 0.279. The van der Waals surface area contributed by atoms with Crippen LogP contribution in [0.5, 0.6) is 0 Å². The third kappa shape index (κ3) is 2.01. The zero-order chi connectivity index (χ0) is 10.8. The number of aryl methyl sites for hydroxylation is 1. The first-order valence-electron chi connectivity index (χ1n) is 5.31. The second-order valence-electron chi connectivity index (χ2n) is 4.23. The van der Waals surface area contributed by atoms with E-state index in [9.17, 15) is 0 Å². The third-order valence-corrected chi connectivity index (χ3v) is 2.66. The Balaban J connectivity index is 2.27. The molecule has 0 fully saturated rings. The second kappa shape index (κ2) is 4.01. The smallest absolute Gasteiger partial charge is 0.236 e. The van der Waals surface area contributed by atoms with Gasteiger partial charge in [-0.15, -0.1) is 0 Å². The first kappa shape index (κ1) is 10.1. The summed E-state index contributed by atoms with van der Waals surface area (Å²) >= 11 is 0. The van der Waals surface area contributed by atoms with Gasteiger partial charge in [0.15, 0.2) is 0 Å². The molecule has 1 aliphatic heterocycles. The minimum atomic E-state index is 0.279. The number of ether oxygens (including phenoxy) is 1. The first-order chi connectivity index (χ1) is 7.18. The van der Waals surface area contributed by atoms with Crippen molar-refractivity contribution in [3.63, 3.8) is 0 Å². The molecule has 1 aromatic heterocycles. The minimum Gasteiger partial charge on any atom is -0.474 e. The number of nitrogens with zero attached hydrogens (tertiary/aromatic N) is 2. The van der Waals surface area contributed by atoms with Crippen LogP contribution in [0.3, 0.4) is 0 Å². The zero-order valence-electron chi connectivity index (χ0n) is 9.40. The van der Waals surface area contributed by atoms with Gasteiger partial charge in [0.05, 0.1) is 6.04 Å². The Morgan fingerprint density at radius 3 is 2.87 bits per heavy atom. The standard InChI is InChI=1S/C12H16N2O/c1-8(2)10-7-15-12(14-10)11-9(3)5-4-6-13-11/h4-6,8,10H,7H2,1-3H3/t10-/m1/s1. The van der Waals surface area contributed by atoms with Crippen molar-refractivity contribution in [2.24, 2.45) is 10.9 Å². The van der Waals surface area contributed by atoms with Crippen molar-refractivity contribution >= 4 is 5.90 Å². The summed E-state index contributed by atoms with van der Waals surface area (Å²) in [5.41, 5.74) is 1.99. The summed E-state index contributed by atoms with van der Waals surface area (Å²) in [4.78, 5) is 8.85. The van der Waals surface area contributed by atoms with Crippen LogP contribution in [0.2, 0.25) is 0 Å². The highest BCUT2D eigenvalue weighted by atomic mass is 16.5. The highest BCUT2D eigenvalue weighted by Crippen LogP contribution is 2.17. The fourth-order valence-electron chi connectivity index (χ4n) is 1.57. The molecule has 1 aliphatic rings. The number of hydrogen-bond donors (Lipinski definition) is 0. The molecule has 3 nitrogen and oxygen atoms in total. The molecule has 0 N–H and O–H groups in total. The largest absolute Gasteiger partial charge is 0.474 e. The molecule has 2 rings (SSSR count). The third-order valence-electron chi connectivity index (χ3n) is 2.66. The van der Waals surface area contributed by atoms with E-state index in [1.54, 1.807) is 6.20 Å². The van der Waals surface area contributed by atoms with Gasteiger partial charge >= 0.3 is 0 Å². The fourth-order valence-corrected chi connectivity index (χ4v) is 1.57. The molecule has 0 saturated carbocycles. The Morgan fingerprint density at radius 2 is 2.27 bits per heavy atom. The molecule has 0 spiro atoms. The fraction of sp³-hybridized carbons (Fsp3) is 0.500. The van der Waals surface area contributed by atoms with Crippen LogP contribution in [-0.2, 0) is 4.74 Å². The molecule has 0 aromatic carbocycles. The maximum absolute atomic E-state index is 5.58. The molecule has 2 heterocycles. The number of aliphatic imine (C=N–C) groups is 1. The highest BCUT2D eigenvalue weighted by Gasteiger charge is 2.24. The predicted octanol–water partition coefficient (Wildman–Crippen LogP) is 2.19. The van der Waals surface area contributed by atoms with Gasteiger partial charge in [-0.1, -0.05) is 19.9 Å². The number of pyridine rings is 1. The summed E-state index contributed by atoms with van der Waals surface area (Å²) in [6.07, 6.45) is 1.77. The monoisotopic (exact) mass is 204 g/mol. The molecular formula is C12H16N2O. The average Bonchev–Trinajstić information content (AvgIpc) is 2.67. The van der Waals surface area contributed by atoms with Gasteiger partial charge in [-0.2, -0.15) is 0 Å². The molecular weight excluding hydrogens is 188 g/mol. The number of rotatable bonds is 2. The van der Waals surface area contributed by atoms with E-state index in [-0.39, 0.29) is 6.04 Å². The van der Waals surface area contributed by atoms with Gasteiger partial charge in [0, 0.05) is 6.20 Å². The van der Waals surface area contributed by atoms with Crippen molar-refractivity contribution in [2.45, 2.75) is 26.8 Å². The zero-order valence-corrected chi connectivity index (χ0v) is 9.40. The lowest BCUT2D eigenvalue weighted by Gasteiger charge is -2.06. The molecule has 3 heteroatoms. The molecule has 0 radical (unpaired) electrons. The molecule has 0 bridgehead atoms. The summed E-state index contributed by atoms with van der Waals surface area (Å²) in [7, 11) is 0. The molecule has 1 aromatic rings. The Morgan fingerprint density at radius 1 is 1.47 bits per heavy atom. The van der Waals surface area contributed by atoms with E-state index >= 15 is 0 Å². The lowest BCUT2D eigenvalue weighted by atomic mass is 10.1. The second-order valence-corrected chi connectivity index (χ2v) is 4.23. The predicted molar refractivity (Wildman–Crippen MR) is 60.1 cm³/mol. The lowest BCUT2D eigenvalue weighted by Crippen LogP contribution is -2.13. The van der Waals surface area contributed by atoms with Crippen LogP contribution in [-0.4, -0.2) is 23.5 Å². The van der Waals surface area contributed by atoms with E-state index in [2.05, 4.69) is 23.8 Å². The summed E-state index contributed by atoms with van der Waals surface area (Å²) in [6.45, 7) is 7.03. The van der Waals surface area contributed by atoms with Gasteiger partial charge < -0.3 is 4.74 Å². The van der Waals surface area contributed by atoms with Crippen molar-refractivity contribution in [1.29, 1.82) is 0 Å². The summed E-state index contributed by atoms with van der Waals surface area (Å²) < 4.78 is 5.58. The molecule has 1 atom stereocenters. The maximum Gasteiger partial charge on any atom is 0.236 e. The SMILES string of the molecule is Cc1cccnc1C1=N[C@@H](C(C)C)CO1. The van der Waals surface area contributed by atoms with Gasteiger partial charge in [0.2, 0.25) is 5.90 Å². The van der Waals surface area contributed by atoms with Gasteiger partial charge in [-0.25, -0.2) is 4.99 Å². The maximum atomic E-state index is 5.58. The van der Waals surface area contributed by atoms with E-state index in [0.717, 1.165) is 11.3 Å². The van der Waals surface area contributed by atoms with Gasteiger partial charge in [-0.05, 0) is 24.5 Å². The van der Waals surface area contributed by atoms with Crippen LogP contribution < -0.4 is 0 Å². The van der Waals surface area contributed by atoms with E-state index < -0.39 is 0 Å². The van der Waals surface area contributed by atoms with Crippen LogP contribution >= 0.6 is 0 Å². The highest BCUT2D eigenvalue weighted by molar-refractivity contribution is 5.94. The molecule has 0 saturated heterocycles. The van der Waals surface area contributed by atoms with E-state index in [1.807, 2.05) is 19.1 Å². The molecule has 80 valence electrons.